The molecule has 2 aromatic rings. The molecule has 0 aliphatic rings. The number of nitrogens with two attached hydrogens (primary N) is 1. The number of carbonyl (C=O) groups is 1. The van der Waals surface area contributed by atoms with Crippen molar-refractivity contribution in [3.05, 3.63) is 62.0 Å². The van der Waals surface area contributed by atoms with Gasteiger partial charge in [-0.1, -0.05) is 44.1 Å². The van der Waals surface area contributed by atoms with Crippen LogP contribution in [0.25, 0.3) is 0 Å². The molecule has 1 amide bonds. The molecule has 0 saturated carbocycles. The Morgan fingerprint density at radius 1 is 1.10 bits per heavy atom. The fourth-order valence-corrected chi connectivity index (χ4v) is 2.91. The second kappa shape index (κ2) is 6.68. The molecule has 0 spiro atoms. The summed E-state index contributed by atoms with van der Waals surface area (Å²) in [6.07, 6.45) is 0. The van der Waals surface area contributed by atoms with E-state index in [0.717, 1.165) is 14.5 Å². The molecule has 0 radical (unpaired) electrons. The lowest BCUT2D eigenvalue weighted by molar-refractivity contribution is 0.102. The van der Waals surface area contributed by atoms with E-state index in [1.165, 1.54) is 0 Å². The predicted octanol–water partition coefficient (Wildman–Crippen LogP) is 4.41. The van der Waals surface area contributed by atoms with Crippen molar-refractivity contribution in [2.75, 3.05) is 5.32 Å². The van der Waals surface area contributed by atoms with Crippen molar-refractivity contribution in [1.29, 1.82) is 0 Å². The molecule has 0 atom stereocenters. The lowest BCUT2D eigenvalue weighted by atomic mass is 10.1. The van der Waals surface area contributed by atoms with E-state index in [0.29, 0.717) is 16.8 Å². The molecular weight excluding hydrogens is 416 g/mol. The van der Waals surface area contributed by atoms with Gasteiger partial charge >= 0.3 is 0 Å². The monoisotopic (exact) mass is 426 g/mol. The van der Waals surface area contributed by atoms with E-state index < -0.39 is 0 Å². The van der Waals surface area contributed by atoms with Gasteiger partial charge in [-0.15, -0.1) is 0 Å². The highest BCUT2D eigenvalue weighted by Gasteiger charge is 2.13. The number of aryl methyl sites for hydroxylation is 1. The smallest absolute Gasteiger partial charge is 0.255 e. The van der Waals surface area contributed by atoms with Crippen LogP contribution in [0, 0.1) is 6.92 Å². The molecule has 0 aliphatic carbocycles. The average Bonchev–Trinajstić information content (AvgIpc) is 2.40. The number of thiocarbonyl (C=S) groups is 1. The summed E-state index contributed by atoms with van der Waals surface area (Å²) in [5.74, 6) is -0.195. The van der Waals surface area contributed by atoms with Crippen molar-refractivity contribution in [1.82, 2.24) is 0 Å². The van der Waals surface area contributed by atoms with Crippen molar-refractivity contribution in [2.45, 2.75) is 6.92 Å². The van der Waals surface area contributed by atoms with E-state index in [9.17, 15) is 4.79 Å². The van der Waals surface area contributed by atoms with Gasteiger partial charge in [0.05, 0.1) is 5.69 Å². The van der Waals surface area contributed by atoms with Crippen LogP contribution < -0.4 is 11.1 Å². The quantitative estimate of drug-likeness (QED) is 0.713. The van der Waals surface area contributed by atoms with Gasteiger partial charge in [-0.2, -0.15) is 0 Å². The first-order chi connectivity index (χ1) is 9.88. The largest absolute Gasteiger partial charge is 0.389 e. The summed E-state index contributed by atoms with van der Waals surface area (Å²) in [7, 11) is 0. The van der Waals surface area contributed by atoms with E-state index in [1.807, 2.05) is 25.1 Å². The van der Waals surface area contributed by atoms with E-state index >= 15 is 0 Å². The minimum atomic E-state index is -0.195. The summed E-state index contributed by atoms with van der Waals surface area (Å²) in [6.45, 7) is 1.88. The Bertz CT molecular complexity index is 732. The fraction of sp³-hybridized carbons (Fsp3) is 0.0667. The zero-order chi connectivity index (χ0) is 15.6. The van der Waals surface area contributed by atoms with Crippen LogP contribution in [0.1, 0.15) is 21.5 Å². The number of amides is 1. The molecule has 21 heavy (non-hydrogen) atoms. The lowest BCUT2D eigenvalue weighted by Crippen LogP contribution is -2.18. The maximum absolute atomic E-state index is 12.4. The number of anilines is 1. The third-order valence-corrected chi connectivity index (χ3v) is 4.13. The van der Waals surface area contributed by atoms with Crippen LogP contribution in [0.4, 0.5) is 5.69 Å². The van der Waals surface area contributed by atoms with Crippen LogP contribution in [0.15, 0.2) is 45.3 Å². The molecule has 0 saturated heterocycles. The minimum absolute atomic E-state index is 0.195. The van der Waals surface area contributed by atoms with Gasteiger partial charge in [-0.25, -0.2) is 0 Å². The van der Waals surface area contributed by atoms with Crippen LogP contribution >= 0.6 is 44.1 Å². The zero-order valence-corrected chi connectivity index (χ0v) is 15.1. The summed E-state index contributed by atoms with van der Waals surface area (Å²) in [4.78, 5) is 12.6. The molecule has 2 rings (SSSR count). The highest BCUT2D eigenvalue weighted by Crippen LogP contribution is 2.23. The van der Waals surface area contributed by atoms with Gasteiger partial charge in [-0.3, -0.25) is 4.79 Å². The van der Waals surface area contributed by atoms with Gasteiger partial charge in [0.25, 0.3) is 5.91 Å². The molecule has 2 aromatic carbocycles. The molecule has 0 aliphatic heterocycles. The van der Waals surface area contributed by atoms with E-state index in [-0.39, 0.29) is 10.9 Å². The molecule has 0 unspecified atom stereocenters. The number of benzene rings is 2. The van der Waals surface area contributed by atoms with Gasteiger partial charge in [0, 0.05) is 20.1 Å². The van der Waals surface area contributed by atoms with Crippen molar-refractivity contribution in [3.8, 4) is 0 Å². The van der Waals surface area contributed by atoms with Gasteiger partial charge in [-0.05, 0) is 48.9 Å². The maximum atomic E-state index is 12.4. The molecule has 0 aromatic heterocycles. The van der Waals surface area contributed by atoms with Gasteiger partial charge in [0.2, 0.25) is 0 Å². The normalized spacial score (nSPS) is 10.2. The van der Waals surface area contributed by atoms with Crippen molar-refractivity contribution < 1.29 is 4.79 Å². The molecule has 3 N–H and O–H groups in total. The molecular formula is C15H12Br2N2OS. The minimum Gasteiger partial charge on any atom is -0.389 e. The van der Waals surface area contributed by atoms with Gasteiger partial charge < -0.3 is 11.1 Å². The van der Waals surface area contributed by atoms with E-state index in [2.05, 4.69) is 37.2 Å². The standard InChI is InChI=1S/C15H12Br2N2OS/c1-8-6-9(16)2-4-11(8)15(20)19-13-5-3-10(17)7-12(13)14(18)21/h2-7H,1H3,(H2,18,21)(H,19,20). The Labute approximate surface area is 145 Å². The Morgan fingerprint density at radius 3 is 2.33 bits per heavy atom. The highest BCUT2D eigenvalue weighted by atomic mass is 79.9. The molecule has 0 bridgehead atoms. The van der Waals surface area contributed by atoms with Crippen LogP contribution in [0.2, 0.25) is 0 Å². The first-order valence-electron chi connectivity index (χ1n) is 6.05. The summed E-state index contributed by atoms with van der Waals surface area (Å²) in [5.41, 5.74) is 8.41. The Kier molecular flexibility index (Phi) is 5.13. The van der Waals surface area contributed by atoms with Crippen molar-refractivity contribution in [2.24, 2.45) is 5.73 Å². The zero-order valence-electron chi connectivity index (χ0n) is 11.1. The van der Waals surface area contributed by atoms with Gasteiger partial charge in [0.15, 0.2) is 0 Å². The van der Waals surface area contributed by atoms with Crippen LogP contribution in [-0.4, -0.2) is 10.9 Å². The Hall–Kier alpha value is -1.24. The number of rotatable bonds is 3. The van der Waals surface area contributed by atoms with Crippen LogP contribution in [-0.2, 0) is 0 Å². The average molecular weight is 428 g/mol. The van der Waals surface area contributed by atoms with Gasteiger partial charge in [0.1, 0.15) is 4.99 Å². The second-order valence-corrected chi connectivity index (χ2v) is 6.74. The molecule has 0 heterocycles. The second-order valence-electron chi connectivity index (χ2n) is 4.47. The molecule has 3 nitrogen and oxygen atoms in total. The summed E-state index contributed by atoms with van der Waals surface area (Å²) >= 11 is 11.8. The Morgan fingerprint density at radius 2 is 1.71 bits per heavy atom. The molecule has 108 valence electrons. The first-order valence-corrected chi connectivity index (χ1v) is 8.05. The van der Waals surface area contributed by atoms with E-state index in [4.69, 9.17) is 18.0 Å². The SMILES string of the molecule is Cc1cc(Br)ccc1C(=O)Nc1ccc(Br)cc1C(N)=S. The summed E-state index contributed by atoms with van der Waals surface area (Å²) in [5, 5.41) is 2.85. The Balaban J connectivity index is 2.34. The van der Waals surface area contributed by atoms with Crippen molar-refractivity contribution >= 4 is 60.7 Å². The number of hydrogen-bond donors (Lipinski definition) is 2. The lowest BCUT2D eigenvalue weighted by Gasteiger charge is -2.12. The number of halogens is 2. The van der Waals surface area contributed by atoms with E-state index in [1.54, 1.807) is 18.2 Å². The number of hydrogen-bond acceptors (Lipinski definition) is 2. The highest BCUT2D eigenvalue weighted by molar-refractivity contribution is 9.10. The number of nitrogens with one attached hydrogen (secondary N) is 1. The summed E-state index contributed by atoms with van der Waals surface area (Å²) < 4.78 is 1.78. The molecule has 0 fully saturated rings. The third-order valence-electron chi connectivity index (χ3n) is 2.93. The summed E-state index contributed by atoms with van der Waals surface area (Å²) in [6, 6.07) is 10.9. The van der Waals surface area contributed by atoms with Crippen molar-refractivity contribution in [3.63, 3.8) is 0 Å². The molecule has 6 heteroatoms. The maximum Gasteiger partial charge on any atom is 0.255 e. The number of carbonyl (C=O) groups excluding carboxylic acids is 1. The third kappa shape index (κ3) is 3.90. The van der Waals surface area contributed by atoms with Crippen LogP contribution in [0.3, 0.4) is 0 Å². The first kappa shape index (κ1) is 16.1. The predicted molar refractivity (Wildman–Crippen MR) is 96.9 cm³/mol. The van der Waals surface area contributed by atoms with Crippen LogP contribution in [0.5, 0.6) is 0 Å². The topological polar surface area (TPSA) is 55.1 Å². The fourth-order valence-electron chi connectivity index (χ4n) is 1.90.